The molecule has 0 saturated heterocycles. The number of amides is 2. The van der Waals surface area contributed by atoms with Crippen LogP contribution < -0.4 is 0 Å². The zero-order chi connectivity index (χ0) is 26.9. The van der Waals surface area contributed by atoms with Crippen LogP contribution in [-0.2, 0) is 19.7 Å². The minimum Gasteiger partial charge on any atom is -0.481 e. The first-order valence-electron chi connectivity index (χ1n) is 11.9. The SMILES string of the molecule is CC(C)(C)OC(=O)N(CCCC1CC1(C(=O)O)c1cn(-c2ccc(F)cc2)cn1)C(=O)OC(C)(C)C. The van der Waals surface area contributed by atoms with E-state index < -0.39 is 34.8 Å². The van der Waals surface area contributed by atoms with E-state index in [0.29, 0.717) is 30.6 Å². The van der Waals surface area contributed by atoms with Crippen LogP contribution in [0.5, 0.6) is 0 Å². The Kier molecular flexibility index (Phi) is 7.48. The molecule has 0 spiro atoms. The van der Waals surface area contributed by atoms with Gasteiger partial charge in [0.2, 0.25) is 0 Å². The molecule has 2 amide bonds. The van der Waals surface area contributed by atoms with Crippen molar-refractivity contribution in [2.45, 2.75) is 77.4 Å². The molecule has 0 radical (unpaired) electrons. The molecule has 1 aliphatic rings. The van der Waals surface area contributed by atoms with Crippen LogP contribution >= 0.6 is 0 Å². The van der Waals surface area contributed by atoms with Gasteiger partial charge in [0.15, 0.2) is 0 Å². The van der Waals surface area contributed by atoms with Crippen LogP contribution in [0.25, 0.3) is 5.69 Å². The van der Waals surface area contributed by atoms with Gasteiger partial charge in [-0.2, -0.15) is 0 Å². The lowest BCUT2D eigenvalue weighted by Crippen LogP contribution is -2.44. The smallest absolute Gasteiger partial charge is 0.419 e. The number of rotatable bonds is 7. The predicted octanol–water partition coefficient (Wildman–Crippen LogP) is 5.31. The summed E-state index contributed by atoms with van der Waals surface area (Å²) in [6, 6.07) is 5.81. The molecule has 196 valence electrons. The van der Waals surface area contributed by atoms with E-state index in [2.05, 4.69) is 4.98 Å². The lowest BCUT2D eigenvalue weighted by molar-refractivity contribution is -0.140. The van der Waals surface area contributed by atoms with Gasteiger partial charge in [0.25, 0.3) is 0 Å². The standard InChI is InChI=1S/C26H34FN3O6/c1-24(2,3)35-22(33)30(23(34)36-25(4,5)6)13-7-8-17-14-26(17,21(31)32)20-15-29(16-28-20)19-11-9-18(27)10-12-19/h9-12,15-17H,7-8,13-14H2,1-6H3,(H,31,32). The fraction of sp³-hybridized carbons (Fsp3) is 0.538. The highest BCUT2D eigenvalue weighted by atomic mass is 19.1. The van der Waals surface area contributed by atoms with Gasteiger partial charge in [-0.25, -0.2) is 23.9 Å². The van der Waals surface area contributed by atoms with Gasteiger partial charge >= 0.3 is 18.2 Å². The van der Waals surface area contributed by atoms with Crippen molar-refractivity contribution in [2.24, 2.45) is 5.92 Å². The Morgan fingerprint density at radius 3 is 2.14 bits per heavy atom. The monoisotopic (exact) mass is 503 g/mol. The second kappa shape index (κ2) is 9.91. The van der Waals surface area contributed by atoms with E-state index in [-0.39, 0.29) is 18.3 Å². The number of carbonyl (C=O) groups is 3. The lowest BCUT2D eigenvalue weighted by atomic mass is 9.97. The van der Waals surface area contributed by atoms with Gasteiger partial charge in [-0.05, 0) is 91.0 Å². The summed E-state index contributed by atoms with van der Waals surface area (Å²) in [7, 11) is 0. The number of imidazole rings is 1. The number of hydrogen-bond acceptors (Lipinski definition) is 6. The number of aliphatic carboxylic acids is 1. The van der Waals surface area contributed by atoms with Crippen molar-refractivity contribution in [1.29, 1.82) is 0 Å². The third-order valence-electron chi connectivity index (χ3n) is 5.81. The summed E-state index contributed by atoms with van der Waals surface area (Å²) in [5.41, 5.74) is -1.65. The van der Waals surface area contributed by atoms with Crippen LogP contribution in [0.2, 0.25) is 0 Å². The molecular formula is C26H34FN3O6. The van der Waals surface area contributed by atoms with Crippen molar-refractivity contribution in [2.75, 3.05) is 6.54 Å². The third-order valence-corrected chi connectivity index (χ3v) is 5.81. The molecule has 10 heteroatoms. The van der Waals surface area contributed by atoms with E-state index >= 15 is 0 Å². The number of hydrogen-bond donors (Lipinski definition) is 1. The molecule has 36 heavy (non-hydrogen) atoms. The van der Waals surface area contributed by atoms with E-state index in [1.165, 1.54) is 18.5 Å². The summed E-state index contributed by atoms with van der Waals surface area (Å²) in [6.45, 7) is 10.2. The Balaban J connectivity index is 1.69. The number of benzene rings is 1. The third kappa shape index (κ3) is 6.41. The van der Waals surface area contributed by atoms with Crippen LogP contribution in [0.4, 0.5) is 14.0 Å². The molecule has 3 rings (SSSR count). The van der Waals surface area contributed by atoms with E-state index in [0.717, 1.165) is 4.90 Å². The van der Waals surface area contributed by atoms with E-state index in [1.54, 1.807) is 64.4 Å². The molecule has 1 heterocycles. The quantitative estimate of drug-likeness (QED) is 0.545. The molecule has 1 aromatic carbocycles. The largest absolute Gasteiger partial charge is 0.481 e. The fourth-order valence-electron chi connectivity index (χ4n) is 4.06. The van der Waals surface area contributed by atoms with E-state index in [9.17, 15) is 23.9 Å². The minimum absolute atomic E-state index is 0.0278. The van der Waals surface area contributed by atoms with Gasteiger partial charge in [0.1, 0.15) is 22.4 Å². The predicted molar refractivity (Wildman–Crippen MR) is 129 cm³/mol. The molecule has 1 saturated carbocycles. The highest BCUT2D eigenvalue weighted by molar-refractivity contribution is 5.88. The highest BCUT2D eigenvalue weighted by Crippen LogP contribution is 2.56. The van der Waals surface area contributed by atoms with Crippen molar-refractivity contribution in [1.82, 2.24) is 14.5 Å². The molecular weight excluding hydrogens is 469 g/mol. The number of ether oxygens (including phenoxy) is 2. The molecule has 1 aliphatic carbocycles. The fourth-order valence-corrected chi connectivity index (χ4v) is 4.06. The van der Waals surface area contributed by atoms with Crippen molar-refractivity contribution >= 4 is 18.2 Å². The topological polar surface area (TPSA) is 111 Å². The Hall–Kier alpha value is -3.43. The van der Waals surface area contributed by atoms with Gasteiger partial charge < -0.3 is 19.1 Å². The van der Waals surface area contributed by atoms with Gasteiger partial charge in [-0.15, -0.1) is 0 Å². The maximum atomic E-state index is 13.2. The molecule has 0 bridgehead atoms. The Bertz CT molecular complexity index is 1090. The van der Waals surface area contributed by atoms with Crippen LogP contribution in [0.3, 0.4) is 0 Å². The number of nitrogens with zero attached hydrogens (tertiary/aromatic N) is 3. The summed E-state index contributed by atoms with van der Waals surface area (Å²) >= 11 is 0. The Labute approximate surface area is 210 Å². The number of carbonyl (C=O) groups excluding carboxylic acids is 2. The molecule has 9 nitrogen and oxygen atoms in total. The van der Waals surface area contributed by atoms with Crippen LogP contribution in [0.1, 0.15) is 66.5 Å². The molecule has 0 aliphatic heterocycles. The summed E-state index contributed by atoms with van der Waals surface area (Å²) in [6.07, 6.45) is 2.76. The zero-order valence-electron chi connectivity index (χ0n) is 21.6. The van der Waals surface area contributed by atoms with Crippen molar-refractivity contribution in [3.05, 3.63) is 48.3 Å². The molecule has 1 fully saturated rings. The second-order valence-corrected chi connectivity index (χ2v) is 11.1. The number of halogens is 1. The highest BCUT2D eigenvalue weighted by Gasteiger charge is 2.62. The second-order valence-electron chi connectivity index (χ2n) is 11.1. The summed E-state index contributed by atoms with van der Waals surface area (Å²) < 4.78 is 25.6. The number of carboxylic acids is 1. The molecule has 2 aromatic rings. The average molecular weight is 504 g/mol. The van der Waals surface area contributed by atoms with Gasteiger partial charge in [-0.1, -0.05) is 0 Å². The Morgan fingerprint density at radius 1 is 1.08 bits per heavy atom. The number of imide groups is 1. The minimum atomic E-state index is -1.14. The maximum absolute atomic E-state index is 13.2. The van der Waals surface area contributed by atoms with Gasteiger partial charge in [-0.3, -0.25) is 4.79 Å². The molecule has 2 unspecified atom stereocenters. The van der Waals surface area contributed by atoms with Crippen LogP contribution in [0.15, 0.2) is 36.8 Å². The first-order chi connectivity index (χ1) is 16.6. The van der Waals surface area contributed by atoms with Gasteiger partial charge in [0.05, 0.1) is 12.0 Å². The zero-order valence-corrected chi connectivity index (χ0v) is 21.6. The normalized spacial score (nSPS) is 19.5. The lowest BCUT2D eigenvalue weighted by Gasteiger charge is -2.28. The summed E-state index contributed by atoms with van der Waals surface area (Å²) in [5.74, 6) is -1.56. The number of carboxylic acid groups (broad SMARTS) is 1. The number of aromatic nitrogens is 2. The molecule has 1 aromatic heterocycles. The first kappa shape index (κ1) is 27.2. The van der Waals surface area contributed by atoms with Crippen molar-refractivity contribution in [3.8, 4) is 5.69 Å². The first-order valence-corrected chi connectivity index (χ1v) is 11.9. The van der Waals surface area contributed by atoms with E-state index in [4.69, 9.17) is 9.47 Å². The molecule has 2 atom stereocenters. The summed E-state index contributed by atoms with van der Waals surface area (Å²) in [4.78, 5) is 42.8. The van der Waals surface area contributed by atoms with Crippen molar-refractivity contribution in [3.63, 3.8) is 0 Å². The van der Waals surface area contributed by atoms with E-state index in [1.807, 2.05) is 0 Å². The average Bonchev–Trinajstić information content (AvgIpc) is 3.25. The van der Waals surface area contributed by atoms with Crippen LogP contribution in [0, 0.1) is 11.7 Å². The Morgan fingerprint density at radius 2 is 1.64 bits per heavy atom. The maximum Gasteiger partial charge on any atom is 0.419 e. The molecule has 1 N–H and O–H groups in total. The summed E-state index contributed by atoms with van der Waals surface area (Å²) in [5, 5.41) is 10.0. The van der Waals surface area contributed by atoms with Gasteiger partial charge in [0, 0.05) is 18.4 Å². The van der Waals surface area contributed by atoms with Crippen molar-refractivity contribution < 1.29 is 33.4 Å². The van der Waals surface area contributed by atoms with Crippen LogP contribution in [-0.4, -0.2) is 55.5 Å².